The summed E-state index contributed by atoms with van der Waals surface area (Å²) in [5.74, 6) is -2.06. The summed E-state index contributed by atoms with van der Waals surface area (Å²) in [5, 5.41) is 19.4. The van der Waals surface area contributed by atoms with Gasteiger partial charge in [0.15, 0.2) is 0 Å². The number of aliphatic hydroxyl groups is 1. The lowest BCUT2D eigenvalue weighted by atomic mass is 9.81. The van der Waals surface area contributed by atoms with Crippen molar-refractivity contribution in [2.75, 3.05) is 20.1 Å². The predicted molar refractivity (Wildman–Crippen MR) is 87.3 cm³/mol. The summed E-state index contributed by atoms with van der Waals surface area (Å²) < 4.78 is 0. The van der Waals surface area contributed by atoms with E-state index in [4.69, 9.17) is 5.73 Å². The molecule has 0 radical (unpaired) electrons. The smallest absolute Gasteiger partial charge is 0.352 e. The highest BCUT2D eigenvalue weighted by molar-refractivity contribution is 6.00. The molecule has 3 aliphatic heterocycles. The Morgan fingerprint density at radius 3 is 2.64 bits per heavy atom. The van der Waals surface area contributed by atoms with Gasteiger partial charge in [0.1, 0.15) is 11.5 Å². The third kappa shape index (κ3) is 2.78. The number of aliphatic carboxylic acids is 1. The van der Waals surface area contributed by atoms with Gasteiger partial charge >= 0.3 is 5.97 Å². The van der Waals surface area contributed by atoms with Crippen LogP contribution in [0, 0.1) is 11.8 Å². The van der Waals surface area contributed by atoms with Gasteiger partial charge in [-0.05, 0) is 18.9 Å². The van der Waals surface area contributed by atoms with E-state index in [9.17, 15) is 24.6 Å². The average molecular weight is 350 g/mol. The molecule has 1 saturated heterocycles. The monoisotopic (exact) mass is 350 g/mol. The van der Waals surface area contributed by atoms with Gasteiger partial charge in [0, 0.05) is 26.1 Å². The van der Waals surface area contributed by atoms with Gasteiger partial charge in [-0.25, -0.2) is 4.79 Å². The highest BCUT2D eigenvalue weighted by Gasteiger charge is 2.57. The molecule has 0 bridgehead atoms. The van der Waals surface area contributed by atoms with Crippen LogP contribution in [0.4, 0.5) is 0 Å². The van der Waals surface area contributed by atoms with Crippen LogP contribution in [0.2, 0.25) is 0 Å². The quantitative estimate of drug-likeness (QED) is 0.531. The number of aliphatic imine (C=N–C) groups is 1. The standard InChI is InChI=1S/C16H22N4O5/c1-7(21)13-10-3-9(14(16(24)25)20(10)15(13)23)8-5-18-12(4-11(17)22)19(2)6-8/h7-8,10,13,21H,3-6H2,1-2H3,(H2,17,22)(H,24,25)/t7-,8-,10-,13-/m1/s1. The SMILES string of the molecule is C[C@@H](O)[C@H]1C(=O)N2C(C(=O)O)=C([C@@H]3CN=C(CC(N)=O)N(C)C3)C[C@H]12. The van der Waals surface area contributed by atoms with E-state index < -0.39 is 23.9 Å². The summed E-state index contributed by atoms with van der Waals surface area (Å²) in [7, 11) is 1.78. The summed E-state index contributed by atoms with van der Waals surface area (Å²) in [5.41, 5.74) is 5.92. The third-order valence-corrected chi connectivity index (χ3v) is 5.22. The molecule has 9 nitrogen and oxygen atoms in total. The second-order valence-electron chi connectivity index (χ2n) is 6.90. The topological polar surface area (TPSA) is 137 Å². The number of hydrogen-bond acceptors (Lipinski definition) is 6. The van der Waals surface area contributed by atoms with E-state index in [-0.39, 0.29) is 30.0 Å². The van der Waals surface area contributed by atoms with Crippen LogP contribution in [0.15, 0.2) is 16.3 Å². The molecule has 3 heterocycles. The van der Waals surface area contributed by atoms with E-state index in [2.05, 4.69) is 4.99 Å². The minimum atomic E-state index is -1.13. The summed E-state index contributed by atoms with van der Waals surface area (Å²) >= 11 is 0. The van der Waals surface area contributed by atoms with Gasteiger partial charge in [-0.3, -0.25) is 14.6 Å². The fourth-order valence-electron chi connectivity index (χ4n) is 4.06. The minimum Gasteiger partial charge on any atom is -0.477 e. The number of rotatable bonds is 5. The Bertz CT molecular complexity index is 699. The van der Waals surface area contributed by atoms with E-state index in [0.29, 0.717) is 30.9 Å². The lowest BCUT2D eigenvalue weighted by molar-refractivity contribution is -0.161. The van der Waals surface area contributed by atoms with Gasteiger partial charge in [-0.1, -0.05) is 0 Å². The maximum atomic E-state index is 12.2. The second kappa shape index (κ2) is 6.14. The van der Waals surface area contributed by atoms with Crippen LogP contribution in [0.25, 0.3) is 0 Å². The number of fused-ring (bicyclic) bond motifs is 1. The molecular formula is C16H22N4O5. The van der Waals surface area contributed by atoms with Gasteiger partial charge in [0.05, 0.1) is 24.5 Å². The number of aliphatic hydroxyl groups excluding tert-OH is 1. The van der Waals surface area contributed by atoms with Gasteiger partial charge in [-0.2, -0.15) is 0 Å². The Balaban J connectivity index is 1.85. The van der Waals surface area contributed by atoms with Crippen molar-refractivity contribution in [2.45, 2.75) is 31.9 Å². The Labute approximate surface area is 144 Å². The highest BCUT2D eigenvalue weighted by Crippen LogP contribution is 2.46. The van der Waals surface area contributed by atoms with E-state index in [1.54, 1.807) is 18.9 Å². The molecule has 2 amide bonds. The summed E-state index contributed by atoms with van der Waals surface area (Å²) in [6.45, 7) is 2.41. The Morgan fingerprint density at radius 2 is 2.12 bits per heavy atom. The first kappa shape index (κ1) is 17.4. The van der Waals surface area contributed by atoms with Crippen LogP contribution in [0.1, 0.15) is 19.8 Å². The molecular weight excluding hydrogens is 328 g/mol. The molecule has 3 aliphatic rings. The van der Waals surface area contributed by atoms with Crippen LogP contribution >= 0.6 is 0 Å². The number of carboxylic acid groups (broad SMARTS) is 1. The van der Waals surface area contributed by atoms with Crippen LogP contribution in [-0.4, -0.2) is 75.9 Å². The first-order valence-electron chi connectivity index (χ1n) is 8.22. The Kier molecular flexibility index (Phi) is 4.28. The van der Waals surface area contributed by atoms with Gasteiger partial charge in [-0.15, -0.1) is 0 Å². The molecule has 0 aromatic carbocycles. The van der Waals surface area contributed by atoms with Crippen LogP contribution < -0.4 is 5.73 Å². The van der Waals surface area contributed by atoms with Crippen LogP contribution in [-0.2, 0) is 14.4 Å². The van der Waals surface area contributed by atoms with Crippen LogP contribution in [0.5, 0.6) is 0 Å². The molecule has 1 fully saturated rings. The zero-order valence-corrected chi connectivity index (χ0v) is 14.2. The predicted octanol–water partition coefficient (Wildman–Crippen LogP) is -1.23. The first-order chi connectivity index (χ1) is 11.7. The Morgan fingerprint density at radius 1 is 1.44 bits per heavy atom. The highest BCUT2D eigenvalue weighted by atomic mass is 16.4. The molecule has 0 aliphatic carbocycles. The summed E-state index contributed by atoms with van der Waals surface area (Å²) in [6, 6.07) is -0.296. The van der Waals surface area contributed by atoms with Gasteiger partial charge in [0.25, 0.3) is 0 Å². The molecule has 25 heavy (non-hydrogen) atoms. The van der Waals surface area contributed by atoms with E-state index >= 15 is 0 Å². The van der Waals surface area contributed by atoms with E-state index in [0.717, 1.165) is 0 Å². The second-order valence-corrected chi connectivity index (χ2v) is 6.90. The van der Waals surface area contributed by atoms with Crippen molar-refractivity contribution in [3.8, 4) is 0 Å². The van der Waals surface area contributed by atoms with Crippen molar-refractivity contribution in [1.29, 1.82) is 0 Å². The molecule has 4 N–H and O–H groups in total. The molecule has 0 spiro atoms. The van der Waals surface area contributed by atoms with Crippen LogP contribution in [0.3, 0.4) is 0 Å². The van der Waals surface area contributed by atoms with Gasteiger partial charge < -0.3 is 25.7 Å². The number of nitrogens with two attached hydrogens (primary N) is 1. The van der Waals surface area contributed by atoms with Gasteiger partial charge in [0.2, 0.25) is 11.8 Å². The van der Waals surface area contributed by atoms with E-state index in [1.807, 2.05) is 0 Å². The molecule has 0 unspecified atom stereocenters. The number of carbonyl (C=O) groups is 3. The normalized spacial score (nSPS) is 30.0. The third-order valence-electron chi connectivity index (χ3n) is 5.22. The molecule has 0 aromatic rings. The molecule has 136 valence electrons. The molecule has 9 heteroatoms. The van der Waals surface area contributed by atoms with Crippen molar-refractivity contribution in [3.05, 3.63) is 11.3 Å². The number of amidine groups is 1. The molecule has 3 rings (SSSR count). The lowest BCUT2D eigenvalue weighted by Gasteiger charge is -2.44. The van der Waals surface area contributed by atoms with Crippen molar-refractivity contribution in [3.63, 3.8) is 0 Å². The first-order valence-corrected chi connectivity index (χ1v) is 8.22. The minimum absolute atomic E-state index is 0.0267. The number of hydrogen-bond donors (Lipinski definition) is 3. The zero-order valence-electron chi connectivity index (χ0n) is 14.2. The van der Waals surface area contributed by atoms with Crippen molar-refractivity contribution in [2.24, 2.45) is 22.6 Å². The Hall–Kier alpha value is -2.42. The molecule has 0 aromatic heterocycles. The van der Waals surface area contributed by atoms with Crippen molar-refractivity contribution < 1.29 is 24.6 Å². The van der Waals surface area contributed by atoms with Crippen molar-refractivity contribution >= 4 is 23.6 Å². The number of amides is 2. The maximum Gasteiger partial charge on any atom is 0.352 e. The number of carboxylic acids is 1. The molecule has 0 saturated carbocycles. The lowest BCUT2D eigenvalue weighted by Crippen LogP contribution is -2.61. The summed E-state index contributed by atoms with van der Waals surface area (Å²) in [4.78, 5) is 42.5. The number of nitrogens with zero attached hydrogens (tertiary/aromatic N) is 3. The number of β-lactam (4-membered cyclic amide) rings is 1. The number of carbonyl (C=O) groups excluding carboxylic acids is 2. The summed E-state index contributed by atoms with van der Waals surface area (Å²) in [6.07, 6.45) is -0.328. The fourth-order valence-corrected chi connectivity index (χ4v) is 4.06. The zero-order chi connectivity index (χ0) is 18.5. The number of primary amides is 1. The maximum absolute atomic E-state index is 12.2. The fraction of sp³-hybridized carbons (Fsp3) is 0.625. The van der Waals surface area contributed by atoms with Crippen molar-refractivity contribution in [1.82, 2.24) is 9.80 Å². The van der Waals surface area contributed by atoms with E-state index in [1.165, 1.54) is 4.90 Å². The molecule has 4 atom stereocenters. The largest absolute Gasteiger partial charge is 0.477 e. The average Bonchev–Trinajstić information content (AvgIpc) is 2.83.